The number of amides is 3. The fourth-order valence-electron chi connectivity index (χ4n) is 3.93. The van der Waals surface area contributed by atoms with E-state index in [0.717, 1.165) is 11.3 Å². The van der Waals surface area contributed by atoms with Crippen LogP contribution in [0.4, 0.5) is 11.4 Å². The van der Waals surface area contributed by atoms with E-state index in [1.165, 1.54) is 0 Å². The topological polar surface area (TPSA) is 87.7 Å². The zero-order valence-corrected chi connectivity index (χ0v) is 20.0. The van der Waals surface area contributed by atoms with Crippen LogP contribution in [-0.4, -0.2) is 30.9 Å². The highest BCUT2D eigenvalue weighted by Crippen LogP contribution is 2.27. The molecular weight excluding hydrogens is 466 g/mol. The van der Waals surface area contributed by atoms with E-state index in [1.807, 2.05) is 31.2 Å². The fraction of sp³-hybridized carbons (Fsp3) is 0.222. The first-order chi connectivity index (χ1) is 16.9. The Morgan fingerprint density at radius 2 is 1.74 bits per heavy atom. The van der Waals surface area contributed by atoms with E-state index in [-0.39, 0.29) is 30.7 Å². The van der Waals surface area contributed by atoms with Gasteiger partial charge < -0.3 is 20.3 Å². The van der Waals surface area contributed by atoms with Crippen LogP contribution < -0.4 is 20.3 Å². The summed E-state index contributed by atoms with van der Waals surface area (Å²) in [5, 5.41) is 6.30. The van der Waals surface area contributed by atoms with Gasteiger partial charge in [-0.1, -0.05) is 35.9 Å². The third-order valence-electron chi connectivity index (χ3n) is 5.75. The third kappa shape index (κ3) is 6.00. The number of nitrogens with one attached hydrogen (secondary N) is 2. The van der Waals surface area contributed by atoms with Gasteiger partial charge in [0.15, 0.2) is 0 Å². The number of halogens is 1. The summed E-state index contributed by atoms with van der Waals surface area (Å²) in [5.74, 6) is -0.496. The van der Waals surface area contributed by atoms with Crippen molar-refractivity contribution >= 4 is 40.7 Å². The van der Waals surface area contributed by atoms with Gasteiger partial charge in [0.05, 0.1) is 23.8 Å². The van der Waals surface area contributed by atoms with E-state index in [9.17, 15) is 14.4 Å². The van der Waals surface area contributed by atoms with Crippen molar-refractivity contribution < 1.29 is 19.1 Å². The molecular formula is C27H26ClN3O4. The Morgan fingerprint density at radius 1 is 1.03 bits per heavy atom. The van der Waals surface area contributed by atoms with Crippen LogP contribution in [0.1, 0.15) is 29.3 Å². The molecule has 1 heterocycles. The molecule has 2 N–H and O–H groups in total. The first-order valence-electron chi connectivity index (χ1n) is 11.4. The zero-order valence-electron chi connectivity index (χ0n) is 19.3. The Balaban J connectivity index is 1.38. The summed E-state index contributed by atoms with van der Waals surface area (Å²) in [6.45, 7) is 3.11. The maximum atomic E-state index is 13.0. The molecule has 1 atom stereocenters. The number of anilines is 2. The van der Waals surface area contributed by atoms with Crippen molar-refractivity contribution in [2.75, 3.05) is 23.4 Å². The molecule has 0 spiro atoms. The van der Waals surface area contributed by atoms with Gasteiger partial charge in [0.2, 0.25) is 11.8 Å². The van der Waals surface area contributed by atoms with E-state index >= 15 is 0 Å². The highest BCUT2D eigenvalue weighted by atomic mass is 35.5. The Hall–Kier alpha value is -3.84. The Morgan fingerprint density at radius 3 is 2.46 bits per heavy atom. The van der Waals surface area contributed by atoms with Crippen LogP contribution in [0, 0.1) is 5.92 Å². The van der Waals surface area contributed by atoms with Crippen LogP contribution in [0.5, 0.6) is 5.75 Å². The molecule has 0 aromatic heterocycles. The number of ether oxygens (including phenoxy) is 1. The lowest BCUT2D eigenvalue weighted by Crippen LogP contribution is -2.29. The molecule has 0 aliphatic carbocycles. The van der Waals surface area contributed by atoms with Crippen molar-refractivity contribution in [3.8, 4) is 5.75 Å². The summed E-state index contributed by atoms with van der Waals surface area (Å²) < 4.78 is 5.44. The molecule has 35 heavy (non-hydrogen) atoms. The second kappa shape index (κ2) is 11.1. The quantitative estimate of drug-likeness (QED) is 0.479. The third-order valence-corrected chi connectivity index (χ3v) is 6.00. The zero-order chi connectivity index (χ0) is 24.8. The van der Waals surface area contributed by atoms with Crippen LogP contribution >= 0.6 is 11.6 Å². The molecule has 1 saturated heterocycles. The van der Waals surface area contributed by atoms with Crippen LogP contribution in [-0.2, 0) is 16.1 Å². The predicted molar refractivity (Wildman–Crippen MR) is 136 cm³/mol. The smallest absolute Gasteiger partial charge is 0.253 e. The molecule has 1 aliphatic heterocycles. The molecule has 3 aromatic rings. The van der Waals surface area contributed by atoms with Crippen molar-refractivity contribution in [1.29, 1.82) is 0 Å². The van der Waals surface area contributed by atoms with Gasteiger partial charge in [0, 0.05) is 30.2 Å². The van der Waals surface area contributed by atoms with Gasteiger partial charge in [0.1, 0.15) is 5.75 Å². The summed E-state index contributed by atoms with van der Waals surface area (Å²) in [6, 6.07) is 21.2. The van der Waals surface area contributed by atoms with Gasteiger partial charge >= 0.3 is 0 Å². The molecule has 1 aliphatic rings. The standard InChI is InChI=1S/C27H26ClN3O4/c1-2-35-22-13-7-18(8-14-22)16-29-27(34)23-5-3-4-6-24(23)30-26(33)19-15-25(32)31(17-19)21-11-9-20(28)10-12-21/h3-14,19H,2,15-17H2,1H3,(H,29,34)(H,30,33)/t19-/m1/s1. The number of carbonyl (C=O) groups is 3. The first-order valence-corrected chi connectivity index (χ1v) is 11.8. The second-order valence-electron chi connectivity index (χ2n) is 8.18. The van der Waals surface area contributed by atoms with Crippen molar-refractivity contribution in [3.05, 3.63) is 88.9 Å². The lowest BCUT2D eigenvalue weighted by atomic mass is 10.1. The molecule has 0 saturated carbocycles. The van der Waals surface area contributed by atoms with Gasteiger partial charge in [-0.3, -0.25) is 14.4 Å². The van der Waals surface area contributed by atoms with E-state index < -0.39 is 5.92 Å². The van der Waals surface area contributed by atoms with Crippen molar-refractivity contribution in [1.82, 2.24) is 5.32 Å². The summed E-state index contributed by atoms with van der Waals surface area (Å²) in [7, 11) is 0. The molecule has 4 rings (SSSR count). The van der Waals surface area contributed by atoms with Crippen LogP contribution in [0.15, 0.2) is 72.8 Å². The number of benzene rings is 3. The number of rotatable bonds is 8. The SMILES string of the molecule is CCOc1ccc(CNC(=O)c2ccccc2NC(=O)[C@@H]2CC(=O)N(c3ccc(Cl)cc3)C2)cc1. The normalized spacial score (nSPS) is 15.1. The maximum Gasteiger partial charge on any atom is 0.253 e. The number of nitrogens with zero attached hydrogens (tertiary/aromatic N) is 1. The Bertz CT molecular complexity index is 1210. The summed E-state index contributed by atoms with van der Waals surface area (Å²) in [6.07, 6.45) is 0.0978. The second-order valence-corrected chi connectivity index (χ2v) is 8.61. The molecule has 8 heteroatoms. The highest BCUT2D eigenvalue weighted by molar-refractivity contribution is 6.30. The minimum absolute atomic E-state index is 0.0978. The molecule has 3 amide bonds. The lowest BCUT2D eigenvalue weighted by Gasteiger charge is -2.17. The monoisotopic (exact) mass is 491 g/mol. The maximum absolute atomic E-state index is 13.0. The van der Waals surface area contributed by atoms with Crippen LogP contribution in [0.3, 0.4) is 0 Å². The van der Waals surface area contributed by atoms with Gasteiger partial charge in [-0.25, -0.2) is 0 Å². The number of hydrogen-bond donors (Lipinski definition) is 2. The summed E-state index contributed by atoms with van der Waals surface area (Å²) in [5.41, 5.74) is 2.38. The molecule has 1 fully saturated rings. The summed E-state index contributed by atoms with van der Waals surface area (Å²) >= 11 is 5.93. The van der Waals surface area contributed by atoms with Crippen molar-refractivity contribution in [2.24, 2.45) is 5.92 Å². The van der Waals surface area contributed by atoms with Gasteiger partial charge in [-0.2, -0.15) is 0 Å². The minimum atomic E-state index is -0.529. The highest BCUT2D eigenvalue weighted by Gasteiger charge is 2.35. The Kier molecular flexibility index (Phi) is 7.67. The molecule has 0 bridgehead atoms. The van der Waals surface area contributed by atoms with Gasteiger partial charge in [-0.15, -0.1) is 0 Å². The number of para-hydroxylation sites is 1. The number of carbonyl (C=O) groups excluding carboxylic acids is 3. The predicted octanol–water partition coefficient (Wildman–Crippen LogP) is 4.66. The molecule has 180 valence electrons. The minimum Gasteiger partial charge on any atom is -0.494 e. The van der Waals surface area contributed by atoms with E-state index in [1.54, 1.807) is 53.4 Å². The average molecular weight is 492 g/mol. The van der Waals surface area contributed by atoms with Crippen LogP contribution in [0.25, 0.3) is 0 Å². The fourth-order valence-corrected chi connectivity index (χ4v) is 4.05. The number of hydrogen-bond acceptors (Lipinski definition) is 4. The van der Waals surface area contributed by atoms with Crippen molar-refractivity contribution in [3.63, 3.8) is 0 Å². The summed E-state index contributed by atoms with van der Waals surface area (Å²) in [4.78, 5) is 39.9. The van der Waals surface area contributed by atoms with Crippen molar-refractivity contribution in [2.45, 2.75) is 19.9 Å². The molecule has 7 nitrogen and oxygen atoms in total. The van der Waals surface area contributed by atoms with Crippen LogP contribution in [0.2, 0.25) is 5.02 Å². The van der Waals surface area contributed by atoms with E-state index in [2.05, 4.69) is 10.6 Å². The Labute approximate surface area is 209 Å². The van der Waals surface area contributed by atoms with Gasteiger partial charge in [-0.05, 0) is 61.0 Å². The largest absolute Gasteiger partial charge is 0.494 e. The first kappa shape index (κ1) is 24.3. The average Bonchev–Trinajstić information content (AvgIpc) is 3.26. The molecule has 3 aromatic carbocycles. The molecule has 0 radical (unpaired) electrons. The molecule has 0 unspecified atom stereocenters. The van der Waals surface area contributed by atoms with E-state index in [4.69, 9.17) is 16.3 Å². The van der Waals surface area contributed by atoms with E-state index in [0.29, 0.717) is 35.1 Å². The lowest BCUT2D eigenvalue weighted by molar-refractivity contribution is -0.122. The van der Waals surface area contributed by atoms with Gasteiger partial charge in [0.25, 0.3) is 5.91 Å².